The number of carbonyl (C=O) groups excluding carboxylic acids is 1. The molecule has 1 aromatic rings. The first-order valence-corrected chi connectivity index (χ1v) is 4.15. The molecule has 15 heavy (non-hydrogen) atoms. The lowest BCUT2D eigenvalue weighted by Gasteiger charge is -2.17. The van der Waals surface area contributed by atoms with Crippen molar-refractivity contribution in [2.45, 2.75) is 12.1 Å². The molecule has 1 amide bonds. The van der Waals surface area contributed by atoms with Crippen LogP contribution in [-0.4, -0.2) is 28.2 Å². The van der Waals surface area contributed by atoms with Crippen molar-refractivity contribution in [2.24, 2.45) is 0 Å². The molecule has 0 atom stereocenters. The van der Waals surface area contributed by atoms with Crippen molar-refractivity contribution in [1.29, 1.82) is 0 Å². The highest BCUT2D eigenvalue weighted by atomic mass is 32.1. The van der Waals surface area contributed by atoms with Crippen LogP contribution in [0.4, 0.5) is 27.1 Å². The second kappa shape index (κ2) is 3.68. The molecule has 0 spiro atoms. The van der Waals surface area contributed by atoms with Crippen LogP contribution in [0.15, 0.2) is 5.51 Å². The first kappa shape index (κ1) is 11.8. The minimum Gasteiger partial charge on any atom is -0.295 e. The zero-order chi connectivity index (χ0) is 11.7. The Kier molecular flexibility index (Phi) is 2.88. The molecule has 0 aliphatic carbocycles. The van der Waals surface area contributed by atoms with Crippen LogP contribution >= 0.6 is 11.3 Å². The molecule has 84 valence electrons. The first-order valence-electron chi connectivity index (χ1n) is 3.27. The van der Waals surface area contributed by atoms with Crippen LogP contribution in [0.1, 0.15) is 0 Å². The molecule has 0 aromatic carbocycles. The minimum absolute atomic E-state index is 0.427. The van der Waals surface area contributed by atoms with Crippen LogP contribution in [0.3, 0.4) is 0 Å². The van der Waals surface area contributed by atoms with E-state index in [9.17, 15) is 26.7 Å². The molecule has 0 radical (unpaired) electrons. The van der Waals surface area contributed by atoms with Crippen molar-refractivity contribution < 1.29 is 26.7 Å². The van der Waals surface area contributed by atoms with Gasteiger partial charge in [-0.1, -0.05) is 11.3 Å². The van der Waals surface area contributed by atoms with E-state index < -0.39 is 23.1 Å². The van der Waals surface area contributed by atoms with Crippen molar-refractivity contribution in [2.75, 3.05) is 5.32 Å². The Labute approximate surface area is 83.1 Å². The third kappa shape index (κ3) is 2.37. The molecule has 1 N–H and O–H groups in total. The summed E-state index contributed by atoms with van der Waals surface area (Å²) in [5, 5.41) is 7.11. The maximum atomic E-state index is 12.3. The lowest BCUT2D eigenvalue weighted by Crippen LogP contribution is -2.47. The summed E-state index contributed by atoms with van der Waals surface area (Å²) in [6, 6.07) is 0. The SMILES string of the molecule is O=C(Nc1nncs1)C(F)(F)C(F)(F)F. The molecule has 4 nitrogen and oxygen atoms in total. The molecule has 0 saturated carbocycles. The first-order chi connectivity index (χ1) is 6.75. The van der Waals surface area contributed by atoms with Gasteiger partial charge in [-0.25, -0.2) is 0 Å². The average Bonchev–Trinajstić information content (AvgIpc) is 2.54. The summed E-state index contributed by atoms with van der Waals surface area (Å²) in [6.07, 6.45) is -5.93. The van der Waals surface area contributed by atoms with Gasteiger partial charge in [-0.05, 0) is 0 Å². The summed E-state index contributed by atoms with van der Waals surface area (Å²) in [5.41, 5.74) is 1.07. The van der Waals surface area contributed by atoms with Gasteiger partial charge in [0.1, 0.15) is 5.51 Å². The maximum absolute atomic E-state index is 12.3. The van der Waals surface area contributed by atoms with E-state index in [0.717, 1.165) is 5.51 Å². The number of nitrogens with zero attached hydrogens (tertiary/aromatic N) is 2. The Hall–Kier alpha value is -1.32. The Balaban J connectivity index is 2.77. The fraction of sp³-hybridized carbons (Fsp3) is 0.400. The maximum Gasteiger partial charge on any atom is 0.463 e. The predicted octanol–water partition coefficient (Wildman–Crippen LogP) is 1.67. The van der Waals surface area contributed by atoms with Crippen LogP contribution in [-0.2, 0) is 4.79 Å². The largest absolute Gasteiger partial charge is 0.463 e. The number of amides is 1. The summed E-state index contributed by atoms with van der Waals surface area (Å²) in [4.78, 5) is 10.5. The topological polar surface area (TPSA) is 54.9 Å². The Morgan fingerprint density at radius 2 is 1.93 bits per heavy atom. The van der Waals surface area contributed by atoms with Crippen molar-refractivity contribution in [1.82, 2.24) is 10.2 Å². The number of hydrogen-bond acceptors (Lipinski definition) is 4. The van der Waals surface area contributed by atoms with E-state index in [2.05, 4.69) is 10.2 Å². The molecular formula is C5H2F5N3OS. The molecule has 1 aromatic heterocycles. The zero-order valence-corrected chi connectivity index (χ0v) is 7.49. The van der Waals surface area contributed by atoms with E-state index in [1.165, 1.54) is 5.32 Å². The molecular weight excluding hydrogens is 245 g/mol. The Morgan fingerprint density at radius 3 is 2.33 bits per heavy atom. The Morgan fingerprint density at radius 1 is 1.33 bits per heavy atom. The molecule has 1 rings (SSSR count). The highest BCUT2D eigenvalue weighted by molar-refractivity contribution is 7.13. The highest BCUT2D eigenvalue weighted by Crippen LogP contribution is 2.36. The van der Waals surface area contributed by atoms with E-state index in [4.69, 9.17) is 0 Å². The van der Waals surface area contributed by atoms with Gasteiger partial charge in [-0.3, -0.25) is 10.1 Å². The van der Waals surface area contributed by atoms with Crippen molar-refractivity contribution in [3.63, 3.8) is 0 Å². The highest BCUT2D eigenvalue weighted by Gasteiger charge is 2.63. The number of nitrogens with one attached hydrogen (secondary N) is 1. The smallest absolute Gasteiger partial charge is 0.295 e. The van der Waals surface area contributed by atoms with E-state index in [0.29, 0.717) is 11.3 Å². The number of hydrogen-bond donors (Lipinski definition) is 1. The van der Waals surface area contributed by atoms with Gasteiger partial charge in [0.15, 0.2) is 0 Å². The summed E-state index contributed by atoms with van der Waals surface area (Å²) >= 11 is 0.623. The van der Waals surface area contributed by atoms with Crippen molar-refractivity contribution >= 4 is 22.4 Å². The molecule has 0 bridgehead atoms. The lowest BCUT2D eigenvalue weighted by molar-refractivity contribution is -0.267. The monoisotopic (exact) mass is 247 g/mol. The molecule has 0 saturated heterocycles. The third-order valence-corrected chi connectivity index (χ3v) is 1.83. The standard InChI is InChI=1S/C5H2F5N3OS/c6-4(7,5(8,9)10)2(14)12-3-13-11-1-15-3/h1H,(H,12,13,14). The van der Waals surface area contributed by atoms with Crippen molar-refractivity contribution in [3.05, 3.63) is 5.51 Å². The van der Waals surface area contributed by atoms with Crippen LogP contribution in [0.5, 0.6) is 0 Å². The third-order valence-electron chi connectivity index (χ3n) is 1.22. The van der Waals surface area contributed by atoms with Gasteiger partial charge in [-0.2, -0.15) is 22.0 Å². The fourth-order valence-corrected chi connectivity index (χ4v) is 0.972. The minimum atomic E-state index is -5.93. The van der Waals surface area contributed by atoms with Gasteiger partial charge >= 0.3 is 18.0 Å². The number of carbonyl (C=O) groups is 1. The molecule has 0 fully saturated rings. The number of rotatable bonds is 2. The molecule has 1 heterocycles. The molecule has 0 aliphatic heterocycles. The average molecular weight is 247 g/mol. The van der Waals surface area contributed by atoms with E-state index in [1.54, 1.807) is 0 Å². The van der Waals surface area contributed by atoms with Gasteiger partial charge in [0.2, 0.25) is 5.13 Å². The predicted molar refractivity (Wildman–Crippen MR) is 39.5 cm³/mol. The number of anilines is 1. The van der Waals surface area contributed by atoms with E-state index in [-0.39, 0.29) is 0 Å². The van der Waals surface area contributed by atoms with Crippen molar-refractivity contribution in [3.8, 4) is 0 Å². The summed E-state index contributed by atoms with van der Waals surface area (Å²) in [6.45, 7) is 0. The summed E-state index contributed by atoms with van der Waals surface area (Å²) in [5.74, 6) is -7.93. The normalized spacial score (nSPS) is 12.6. The zero-order valence-electron chi connectivity index (χ0n) is 6.68. The van der Waals surface area contributed by atoms with Gasteiger partial charge < -0.3 is 0 Å². The quantitative estimate of drug-likeness (QED) is 0.809. The number of halogens is 5. The van der Waals surface area contributed by atoms with Crippen LogP contribution in [0.2, 0.25) is 0 Å². The molecule has 10 heteroatoms. The Bertz CT molecular complexity index is 348. The second-order valence-corrected chi connectivity index (χ2v) is 3.10. The van der Waals surface area contributed by atoms with Gasteiger partial charge in [0, 0.05) is 0 Å². The fourth-order valence-electron chi connectivity index (χ4n) is 0.532. The number of alkyl halides is 5. The number of aromatic nitrogens is 2. The van der Waals surface area contributed by atoms with Gasteiger partial charge in [-0.15, -0.1) is 10.2 Å². The van der Waals surface area contributed by atoms with Crippen LogP contribution < -0.4 is 5.32 Å². The molecule has 0 unspecified atom stereocenters. The molecule has 0 aliphatic rings. The summed E-state index contributed by atoms with van der Waals surface area (Å²) in [7, 11) is 0. The second-order valence-electron chi connectivity index (χ2n) is 2.27. The lowest BCUT2D eigenvalue weighted by atomic mass is 10.3. The summed E-state index contributed by atoms with van der Waals surface area (Å²) < 4.78 is 59.7. The van der Waals surface area contributed by atoms with Gasteiger partial charge in [0.25, 0.3) is 0 Å². The van der Waals surface area contributed by atoms with Crippen LogP contribution in [0, 0.1) is 0 Å². The van der Waals surface area contributed by atoms with Crippen LogP contribution in [0.25, 0.3) is 0 Å². The van der Waals surface area contributed by atoms with Gasteiger partial charge in [0.05, 0.1) is 0 Å². The van der Waals surface area contributed by atoms with E-state index >= 15 is 0 Å². The van der Waals surface area contributed by atoms with E-state index in [1.807, 2.05) is 0 Å².